The van der Waals surface area contributed by atoms with Crippen molar-refractivity contribution in [2.45, 2.75) is 6.61 Å². The highest BCUT2D eigenvalue weighted by molar-refractivity contribution is 5.81. The van der Waals surface area contributed by atoms with Crippen molar-refractivity contribution < 1.29 is 10.2 Å². The normalized spacial score (nSPS) is 10.8. The fourth-order valence-corrected chi connectivity index (χ4v) is 1.14. The standard InChI is InChI=1S/C8H8N2O2/c11-4-7-9-5-2-1-3-6(12)8(5)10-7/h1-3,11-12H,4H2,(H,9,10). The minimum absolute atomic E-state index is 0.128. The number of aromatic hydroxyl groups is 1. The minimum Gasteiger partial charge on any atom is -0.506 e. The molecule has 0 radical (unpaired) electrons. The van der Waals surface area contributed by atoms with Crippen LogP contribution in [-0.2, 0) is 6.61 Å². The number of aromatic nitrogens is 2. The molecular formula is C8H8N2O2. The number of phenols is 1. The number of benzene rings is 1. The van der Waals surface area contributed by atoms with E-state index in [1.165, 1.54) is 0 Å². The summed E-state index contributed by atoms with van der Waals surface area (Å²) >= 11 is 0. The van der Waals surface area contributed by atoms with Crippen LogP contribution in [0.25, 0.3) is 11.0 Å². The average molecular weight is 164 g/mol. The van der Waals surface area contributed by atoms with Crippen LogP contribution in [0.1, 0.15) is 5.82 Å². The highest BCUT2D eigenvalue weighted by Crippen LogP contribution is 2.21. The van der Waals surface area contributed by atoms with Crippen molar-refractivity contribution in [1.82, 2.24) is 9.97 Å². The molecular weight excluding hydrogens is 156 g/mol. The summed E-state index contributed by atoms with van der Waals surface area (Å²) in [4.78, 5) is 6.84. The Balaban J connectivity index is 2.74. The first kappa shape index (κ1) is 7.12. The molecule has 1 heterocycles. The Morgan fingerprint density at radius 3 is 2.92 bits per heavy atom. The van der Waals surface area contributed by atoms with Gasteiger partial charge in [-0.05, 0) is 12.1 Å². The number of aromatic amines is 1. The molecule has 0 aliphatic carbocycles. The molecule has 2 aromatic rings. The first-order chi connectivity index (χ1) is 5.81. The number of phenolic OH excluding ortho intramolecular Hbond substituents is 1. The second kappa shape index (κ2) is 2.49. The van der Waals surface area contributed by atoms with Crippen molar-refractivity contribution in [3.8, 4) is 5.75 Å². The molecule has 0 unspecified atom stereocenters. The molecule has 0 fully saturated rings. The van der Waals surface area contributed by atoms with E-state index in [1.54, 1.807) is 18.2 Å². The fourth-order valence-electron chi connectivity index (χ4n) is 1.14. The Labute approximate surface area is 68.5 Å². The van der Waals surface area contributed by atoms with Crippen LogP contribution in [0.3, 0.4) is 0 Å². The third-order valence-corrected chi connectivity index (χ3v) is 1.69. The van der Waals surface area contributed by atoms with Gasteiger partial charge in [-0.1, -0.05) is 6.07 Å². The number of H-pyrrole nitrogens is 1. The second-order valence-electron chi connectivity index (χ2n) is 2.51. The predicted molar refractivity (Wildman–Crippen MR) is 43.7 cm³/mol. The highest BCUT2D eigenvalue weighted by atomic mass is 16.3. The van der Waals surface area contributed by atoms with Gasteiger partial charge in [-0.2, -0.15) is 0 Å². The summed E-state index contributed by atoms with van der Waals surface area (Å²) < 4.78 is 0. The molecule has 4 heteroatoms. The van der Waals surface area contributed by atoms with Gasteiger partial charge in [0.05, 0.1) is 5.52 Å². The highest BCUT2D eigenvalue weighted by Gasteiger charge is 2.04. The predicted octanol–water partition coefficient (Wildman–Crippen LogP) is 0.761. The van der Waals surface area contributed by atoms with Crippen molar-refractivity contribution in [2.75, 3.05) is 0 Å². The van der Waals surface area contributed by atoms with E-state index in [-0.39, 0.29) is 12.4 Å². The summed E-state index contributed by atoms with van der Waals surface area (Å²) in [6.07, 6.45) is 0. The second-order valence-corrected chi connectivity index (χ2v) is 2.51. The maximum Gasteiger partial charge on any atom is 0.143 e. The zero-order valence-corrected chi connectivity index (χ0v) is 6.28. The average Bonchev–Trinajstić information content (AvgIpc) is 2.49. The monoisotopic (exact) mass is 164 g/mol. The van der Waals surface area contributed by atoms with E-state index in [0.717, 1.165) is 5.52 Å². The number of nitrogens with zero attached hydrogens (tertiary/aromatic N) is 1. The molecule has 0 saturated carbocycles. The zero-order chi connectivity index (χ0) is 8.55. The van der Waals surface area contributed by atoms with Gasteiger partial charge in [0, 0.05) is 0 Å². The summed E-state index contributed by atoms with van der Waals surface area (Å²) in [5.74, 6) is 0.593. The van der Waals surface area contributed by atoms with E-state index >= 15 is 0 Å². The van der Waals surface area contributed by atoms with Gasteiger partial charge in [0.2, 0.25) is 0 Å². The molecule has 0 aliphatic heterocycles. The molecule has 0 spiro atoms. The van der Waals surface area contributed by atoms with Gasteiger partial charge in [-0.3, -0.25) is 0 Å². The topological polar surface area (TPSA) is 69.1 Å². The molecule has 1 aromatic carbocycles. The number of imidazole rings is 1. The Kier molecular flexibility index (Phi) is 1.48. The number of hydrogen-bond donors (Lipinski definition) is 3. The third kappa shape index (κ3) is 0.931. The molecule has 62 valence electrons. The van der Waals surface area contributed by atoms with Crippen LogP contribution in [0, 0.1) is 0 Å². The molecule has 12 heavy (non-hydrogen) atoms. The van der Waals surface area contributed by atoms with E-state index < -0.39 is 0 Å². The molecule has 2 rings (SSSR count). The van der Waals surface area contributed by atoms with Gasteiger partial charge in [-0.25, -0.2) is 4.98 Å². The van der Waals surface area contributed by atoms with Crippen LogP contribution in [0.5, 0.6) is 5.75 Å². The van der Waals surface area contributed by atoms with Gasteiger partial charge >= 0.3 is 0 Å². The van der Waals surface area contributed by atoms with E-state index in [4.69, 9.17) is 5.11 Å². The summed E-state index contributed by atoms with van der Waals surface area (Å²) in [7, 11) is 0. The number of aliphatic hydroxyl groups excluding tert-OH is 1. The molecule has 3 N–H and O–H groups in total. The molecule has 1 aromatic heterocycles. The van der Waals surface area contributed by atoms with Gasteiger partial charge in [0.25, 0.3) is 0 Å². The summed E-state index contributed by atoms with van der Waals surface area (Å²) in [5.41, 5.74) is 1.24. The Hall–Kier alpha value is -1.55. The quantitative estimate of drug-likeness (QED) is 0.582. The fraction of sp³-hybridized carbons (Fsp3) is 0.125. The Morgan fingerprint density at radius 1 is 1.42 bits per heavy atom. The van der Waals surface area contributed by atoms with Crippen LogP contribution in [-0.4, -0.2) is 20.2 Å². The zero-order valence-electron chi connectivity index (χ0n) is 6.28. The van der Waals surface area contributed by atoms with Gasteiger partial charge < -0.3 is 15.2 Å². The van der Waals surface area contributed by atoms with Gasteiger partial charge in [0.1, 0.15) is 23.7 Å². The molecule has 4 nitrogen and oxygen atoms in total. The number of aliphatic hydroxyl groups is 1. The SMILES string of the molecule is OCc1nc2c(O)cccc2[nH]1. The smallest absolute Gasteiger partial charge is 0.143 e. The minimum atomic E-state index is -0.145. The lowest BCUT2D eigenvalue weighted by atomic mass is 10.3. The van der Waals surface area contributed by atoms with Crippen LogP contribution >= 0.6 is 0 Å². The number of fused-ring (bicyclic) bond motifs is 1. The number of nitrogens with one attached hydrogen (secondary N) is 1. The maximum absolute atomic E-state index is 9.32. The van der Waals surface area contributed by atoms with Crippen LogP contribution < -0.4 is 0 Å². The van der Waals surface area contributed by atoms with Crippen molar-refractivity contribution in [3.63, 3.8) is 0 Å². The van der Waals surface area contributed by atoms with E-state index in [2.05, 4.69) is 9.97 Å². The summed E-state index contributed by atoms with van der Waals surface area (Å²) in [6.45, 7) is -0.145. The maximum atomic E-state index is 9.32. The van der Waals surface area contributed by atoms with Crippen LogP contribution in [0.15, 0.2) is 18.2 Å². The summed E-state index contributed by atoms with van der Waals surface area (Å²) in [5, 5.41) is 18.1. The van der Waals surface area contributed by atoms with Gasteiger partial charge in [0.15, 0.2) is 0 Å². The number of para-hydroxylation sites is 1. The Morgan fingerprint density at radius 2 is 2.25 bits per heavy atom. The third-order valence-electron chi connectivity index (χ3n) is 1.69. The van der Waals surface area contributed by atoms with Crippen LogP contribution in [0.4, 0.5) is 0 Å². The van der Waals surface area contributed by atoms with E-state index in [9.17, 15) is 5.11 Å². The molecule has 0 aliphatic rings. The van der Waals surface area contributed by atoms with E-state index in [1.807, 2.05) is 0 Å². The van der Waals surface area contributed by atoms with Crippen molar-refractivity contribution in [3.05, 3.63) is 24.0 Å². The first-order valence-corrected chi connectivity index (χ1v) is 3.58. The molecule has 0 amide bonds. The van der Waals surface area contributed by atoms with Crippen molar-refractivity contribution in [1.29, 1.82) is 0 Å². The summed E-state index contributed by atoms with van der Waals surface area (Å²) in [6, 6.07) is 5.07. The van der Waals surface area contributed by atoms with E-state index in [0.29, 0.717) is 11.3 Å². The first-order valence-electron chi connectivity index (χ1n) is 3.58. The van der Waals surface area contributed by atoms with Crippen molar-refractivity contribution in [2.24, 2.45) is 0 Å². The van der Waals surface area contributed by atoms with Gasteiger partial charge in [-0.15, -0.1) is 0 Å². The molecule has 0 saturated heterocycles. The molecule has 0 atom stereocenters. The number of rotatable bonds is 1. The Bertz CT molecular complexity index is 408. The number of hydrogen-bond acceptors (Lipinski definition) is 3. The lowest BCUT2D eigenvalue weighted by Crippen LogP contribution is -1.83. The largest absolute Gasteiger partial charge is 0.506 e. The lowest BCUT2D eigenvalue weighted by Gasteiger charge is -1.89. The lowest BCUT2D eigenvalue weighted by molar-refractivity contribution is 0.273. The van der Waals surface area contributed by atoms with Crippen molar-refractivity contribution >= 4 is 11.0 Å². The molecule has 0 bridgehead atoms. The van der Waals surface area contributed by atoms with Crippen LogP contribution in [0.2, 0.25) is 0 Å².